The van der Waals surface area contributed by atoms with Crippen LogP contribution in [0.1, 0.15) is 0 Å². The van der Waals surface area contributed by atoms with Crippen LogP contribution in [0.5, 0.6) is 0 Å². The SMILES string of the molecule is c1ccc(-c2ccnc(-c3ccccc3N3c4cc(N(c5ccccc5)c5ccccc5)cc5c4B4c6c(cccc6S(c6ccccc6)(c6ccccc6)c6cccc3c64)N5c3ccccc3-c3ccccn3)c2)cc1. The van der Waals surface area contributed by atoms with Crippen LogP contribution in [0.25, 0.3) is 33.6 Å². The van der Waals surface area contributed by atoms with Crippen LogP contribution < -0.4 is 31.1 Å². The number of aromatic nitrogens is 2. The molecule has 0 radical (unpaired) electrons. The predicted octanol–water partition coefficient (Wildman–Crippen LogP) is 16.7. The number of anilines is 9. The van der Waals surface area contributed by atoms with E-state index in [1.165, 1.54) is 36.0 Å². The Labute approximate surface area is 451 Å². The summed E-state index contributed by atoms with van der Waals surface area (Å²) in [4.78, 5) is 23.1. The molecule has 0 fully saturated rings. The van der Waals surface area contributed by atoms with Gasteiger partial charge in [-0.2, -0.15) is 0 Å². The van der Waals surface area contributed by atoms with Crippen molar-refractivity contribution in [2.24, 2.45) is 0 Å². The molecule has 0 atom stereocenters. The molecule has 0 unspecified atom stereocenters. The summed E-state index contributed by atoms with van der Waals surface area (Å²) in [5.41, 5.74) is 19.9. The molecule has 2 aromatic heterocycles. The van der Waals surface area contributed by atoms with Gasteiger partial charge in [-0.05, 0) is 159 Å². The molecule has 15 rings (SSSR count). The summed E-state index contributed by atoms with van der Waals surface area (Å²) in [6.45, 7) is -0.123. The van der Waals surface area contributed by atoms with Crippen LogP contribution >= 0.6 is 10.0 Å². The average Bonchev–Trinajstić information content (AvgIpc) is 3.54. The molecule has 0 N–H and O–H groups in total. The molecule has 5 nitrogen and oxygen atoms in total. The standard InChI is InChI=1S/C70H48BN5S/c1-6-24-49(25-7-1)50-43-45-73-59(46-50)57-35-17-19-38-61(57)76-63-40-23-42-67-70(63)71-68-64(47-53(48-65(68)76)74(51-26-8-2-9-27-51)52-28-10-3-11-29-52)75(60-37-18-16-34-56(60)58-36-20-21-44-72-58)62-39-22-41-66(69(62)71)77(67,54-30-12-4-13-31-54)55-32-14-5-15-33-55/h1-48H. The summed E-state index contributed by atoms with van der Waals surface area (Å²) in [7, 11) is -2.15. The number of benzene rings is 10. The van der Waals surface area contributed by atoms with Crippen molar-refractivity contribution >= 4 is 84.3 Å². The molecule has 0 saturated heterocycles. The van der Waals surface area contributed by atoms with Gasteiger partial charge in [0, 0.05) is 67.4 Å². The van der Waals surface area contributed by atoms with Gasteiger partial charge in [-0.25, -0.2) is 0 Å². The van der Waals surface area contributed by atoms with Crippen molar-refractivity contribution in [2.45, 2.75) is 19.6 Å². The fourth-order valence-electron chi connectivity index (χ4n) is 12.5. The highest BCUT2D eigenvalue weighted by Crippen LogP contribution is 2.75. The maximum absolute atomic E-state index is 5.19. The number of rotatable bonds is 10. The van der Waals surface area contributed by atoms with Crippen LogP contribution in [-0.2, 0) is 0 Å². The van der Waals surface area contributed by atoms with Crippen molar-refractivity contribution < 1.29 is 0 Å². The molecular formula is C70H48BN5S. The molecule has 10 aromatic carbocycles. The Balaban J connectivity index is 1.11. The van der Waals surface area contributed by atoms with E-state index < -0.39 is 10.0 Å². The van der Waals surface area contributed by atoms with Gasteiger partial charge in [-0.3, -0.25) is 9.97 Å². The Hall–Kier alpha value is -9.69. The van der Waals surface area contributed by atoms with E-state index in [-0.39, 0.29) is 6.71 Å². The molecule has 77 heavy (non-hydrogen) atoms. The van der Waals surface area contributed by atoms with Crippen LogP contribution in [0.15, 0.2) is 311 Å². The van der Waals surface area contributed by atoms with E-state index in [4.69, 9.17) is 9.97 Å². The second-order valence-corrected chi connectivity index (χ2v) is 22.7. The van der Waals surface area contributed by atoms with Gasteiger partial charge in [0.25, 0.3) is 6.71 Å². The van der Waals surface area contributed by atoms with Crippen LogP contribution in [0.3, 0.4) is 0 Å². The summed E-state index contributed by atoms with van der Waals surface area (Å²) in [5.74, 6) is 0. The third-order valence-electron chi connectivity index (χ3n) is 15.6. The second kappa shape index (κ2) is 18.3. The van der Waals surface area contributed by atoms with Crippen molar-refractivity contribution in [3.8, 4) is 33.6 Å². The Kier molecular flexibility index (Phi) is 10.6. The molecule has 0 bridgehead atoms. The fraction of sp³-hybridized carbons (Fsp3) is 0. The van der Waals surface area contributed by atoms with Gasteiger partial charge in [0.15, 0.2) is 0 Å². The summed E-state index contributed by atoms with van der Waals surface area (Å²) in [6, 6.07) is 102. The van der Waals surface area contributed by atoms with Crippen LogP contribution in [-0.4, -0.2) is 16.7 Å². The molecule has 0 spiro atoms. The summed E-state index contributed by atoms with van der Waals surface area (Å²) in [6.07, 6.45) is 3.86. The predicted molar refractivity (Wildman–Crippen MR) is 321 cm³/mol. The van der Waals surface area contributed by atoms with E-state index in [2.05, 4.69) is 288 Å². The molecule has 0 saturated carbocycles. The van der Waals surface area contributed by atoms with Gasteiger partial charge < -0.3 is 14.7 Å². The minimum absolute atomic E-state index is 0.123. The normalized spacial score (nSPS) is 13.6. The minimum atomic E-state index is -2.15. The van der Waals surface area contributed by atoms with Crippen LogP contribution in [0.4, 0.5) is 51.2 Å². The van der Waals surface area contributed by atoms with Crippen molar-refractivity contribution in [1.29, 1.82) is 0 Å². The second-order valence-electron chi connectivity index (χ2n) is 19.7. The highest BCUT2D eigenvalue weighted by Gasteiger charge is 2.54. The number of pyridine rings is 2. The topological polar surface area (TPSA) is 35.5 Å². The Bertz CT molecular complexity index is 4100. The largest absolute Gasteiger partial charge is 0.311 e. The molecule has 7 heteroatoms. The van der Waals surface area contributed by atoms with E-state index in [1.807, 2.05) is 18.5 Å². The molecule has 0 amide bonds. The maximum atomic E-state index is 5.19. The van der Waals surface area contributed by atoms with E-state index in [9.17, 15) is 0 Å². The first-order valence-electron chi connectivity index (χ1n) is 26.2. The first-order chi connectivity index (χ1) is 38.3. The average molecular weight is 1000 g/mol. The lowest BCUT2D eigenvalue weighted by molar-refractivity contribution is 1.18. The molecule has 362 valence electrons. The first-order valence-corrected chi connectivity index (χ1v) is 27.9. The van der Waals surface area contributed by atoms with E-state index in [0.29, 0.717) is 0 Å². The van der Waals surface area contributed by atoms with Crippen LogP contribution in [0, 0.1) is 0 Å². The summed E-state index contributed by atoms with van der Waals surface area (Å²) >= 11 is 0. The van der Waals surface area contributed by atoms with E-state index in [0.717, 1.165) is 84.8 Å². The zero-order valence-corrected chi connectivity index (χ0v) is 42.8. The van der Waals surface area contributed by atoms with Gasteiger partial charge in [-0.1, -0.05) is 158 Å². The van der Waals surface area contributed by atoms with Gasteiger partial charge >= 0.3 is 0 Å². The number of hydrogen-bond acceptors (Lipinski definition) is 5. The van der Waals surface area contributed by atoms with Gasteiger partial charge in [0.05, 0.1) is 28.5 Å². The van der Waals surface area contributed by atoms with Gasteiger partial charge in [0.1, 0.15) is 0 Å². The summed E-state index contributed by atoms with van der Waals surface area (Å²) < 4.78 is 0. The van der Waals surface area contributed by atoms with Crippen LogP contribution in [0.2, 0.25) is 0 Å². The Morgan fingerprint density at radius 3 is 1.30 bits per heavy atom. The third-order valence-corrected chi connectivity index (χ3v) is 19.5. The zero-order chi connectivity index (χ0) is 50.9. The molecule has 5 heterocycles. The first kappa shape index (κ1) is 44.8. The van der Waals surface area contributed by atoms with Gasteiger partial charge in [0.2, 0.25) is 0 Å². The maximum Gasteiger partial charge on any atom is 0.255 e. The van der Waals surface area contributed by atoms with Crippen molar-refractivity contribution in [3.05, 3.63) is 291 Å². The Morgan fingerprint density at radius 2 is 0.766 bits per heavy atom. The Morgan fingerprint density at radius 1 is 0.312 bits per heavy atom. The smallest absolute Gasteiger partial charge is 0.255 e. The van der Waals surface area contributed by atoms with Crippen molar-refractivity contribution in [3.63, 3.8) is 0 Å². The lowest BCUT2D eigenvalue weighted by Crippen LogP contribution is -2.64. The lowest BCUT2D eigenvalue weighted by atomic mass is 9.33. The monoisotopic (exact) mass is 1000 g/mol. The minimum Gasteiger partial charge on any atom is -0.311 e. The zero-order valence-electron chi connectivity index (χ0n) is 41.9. The number of hydrogen-bond donors (Lipinski definition) is 0. The highest BCUT2D eigenvalue weighted by molar-refractivity contribution is 8.34. The molecule has 3 aliphatic heterocycles. The number of para-hydroxylation sites is 4. The molecule has 3 aliphatic rings. The third kappa shape index (κ3) is 6.97. The van der Waals surface area contributed by atoms with Gasteiger partial charge in [-0.15, -0.1) is 10.0 Å². The van der Waals surface area contributed by atoms with E-state index >= 15 is 0 Å². The van der Waals surface area contributed by atoms with Crippen molar-refractivity contribution in [1.82, 2.24) is 9.97 Å². The lowest BCUT2D eigenvalue weighted by Gasteiger charge is -2.54. The van der Waals surface area contributed by atoms with Crippen molar-refractivity contribution in [2.75, 3.05) is 14.7 Å². The molecule has 0 aliphatic carbocycles. The summed E-state index contributed by atoms with van der Waals surface area (Å²) in [5, 5.41) is 0. The number of nitrogens with zero attached hydrogens (tertiary/aromatic N) is 5. The fourth-order valence-corrected chi connectivity index (χ4v) is 16.8. The molecular weight excluding hydrogens is 954 g/mol. The quantitative estimate of drug-likeness (QED) is 0.128. The molecule has 12 aromatic rings. The highest BCUT2D eigenvalue weighted by atomic mass is 32.3. The van der Waals surface area contributed by atoms with E-state index in [1.54, 1.807) is 0 Å².